The molecule has 0 spiro atoms. The molecule has 2 unspecified atom stereocenters. The summed E-state index contributed by atoms with van der Waals surface area (Å²) < 4.78 is 24.2. The Hall–Kier alpha value is -1.60. The molecule has 0 N–H and O–H groups in total. The molecule has 0 heterocycles. The van der Waals surface area contributed by atoms with E-state index in [-0.39, 0.29) is 17.2 Å². The minimum atomic E-state index is -3.54. The van der Waals surface area contributed by atoms with E-state index in [1.54, 1.807) is 38.1 Å². The molecular formula is C15H19NO2S. The van der Waals surface area contributed by atoms with E-state index >= 15 is 0 Å². The van der Waals surface area contributed by atoms with Crippen molar-refractivity contribution in [1.29, 1.82) is 5.26 Å². The molecule has 1 aromatic carbocycles. The van der Waals surface area contributed by atoms with Gasteiger partial charge in [-0.05, 0) is 39.3 Å². The normalized spacial score (nSPS) is 16.1. The highest BCUT2D eigenvalue weighted by Gasteiger charge is 2.38. The minimum absolute atomic E-state index is 0.239. The Morgan fingerprint density at radius 3 is 2.37 bits per heavy atom. The van der Waals surface area contributed by atoms with Gasteiger partial charge in [0.05, 0.1) is 15.7 Å². The highest BCUT2D eigenvalue weighted by Crippen LogP contribution is 2.32. The second-order valence-electron chi connectivity index (χ2n) is 5.07. The summed E-state index contributed by atoms with van der Waals surface area (Å²) in [5.74, 6) is -0.344. The second kappa shape index (κ2) is 5.58. The number of nitrogens with zero attached hydrogens (tertiary/aromatic N) is 1. The molecule has 0 bridgehead atoms. The zero-order chi connectivity index (χ0) is 14.7. The maximum atomic E-state index is 12.7. The van der Waals surface area contributed by atoms with Crippen molar-refractivity contribution in [2.75, 3.05) is 0 Å². The summed E-state index contributed by atoms with van der Waals surface area (Å²) in [5.41, 5.74) is 1.00. The molecule has 0 aliphatic heterocycles. The Bertz CT molecular complexity index is 596. The standard InChI is InChI=1S/C15H19NO2S/c1-5-15(4,10-13(3)11-16)19(17,18)14-8-6-12(2)7-9-14/h5-9,13H,1,10H2,2-4H3. The highest BCUT2D eigenvalue weighted by atomic mass is 32.2. The topological polar surface area (TPSA) is 57.9 Å². The van der Waals surface area contributed by atoms with Crippen LogP contribution in [0, 0.1) is 24.2 Å². The van der Waals surface area contributed by atoms with E-state index in [1.807, 2.05) is 6.92 Å². The number of benzene rings is 1. The first-order valence-electron chi connectivity index (χ1n) is 6.11. The summed E-state index contributed by atoms with van der Waals surface area (Å²) in [6.45, 7) is 8.87. The fourth-order valence-corrected chi connectivity index (χ4v) is 3.66. The third-order valence-corrected chi connectivity index (χ3v) is 5.76. The minimum Gasteiger partial charge on any atom is -0.223 e. The molecule has 0 amide bonds. The Kier molecular flexibility index (Phi) is 4.54. The molecule has 19 heavy (non-hydrogen) atoms. The van der Waals surface area contributed by atoms with Gasteiger partial charge >= 0.3 is 0 Å². The van der Waals surface area contributed by atoms with Gasteiger partial charge in [0.2, 0.25) is 0 Å². The van der Waals surface area contributed by atoms with Gasteiger partial charge in [-0.1, -0.05) is 23.8 Å². The molecule has 1 aromatic rings. The van der Waals surface area contributed by atoms with Crippen LogP contribution in [0.25, 0.3) is 0 Å². The molecule has 0 aliphatic rings. The zero-order valence-electron chi connectivity index (χ0n) is 11.6. The molecule has 3 nitrogen and oxygen atoms in total. The van der Waals surface area contributed by atoms with Crippen LogP contribution in [0.1, 0.15) is 25.8 Å². The summed E-state index contributed by atoms with van der Waals surface area (Å²) in [7, 11) is -3.54. The van der Waals surface area contributed by atoms with Crippen LogP contribution in [0.5, 0.6) is 0 Å². The SMILES string of the molecule is C=CC(C)(CC(C)C#N)S(=O)(=O)c1ccc(C)cc1. The average molecular weight is 277 g/mol. The van der Waals surface area contributed by atoms with Gasteiger partial charge in [-0.15, -0.1) is 6.58 Å². The van der Waals surface area contributed by atoms with Crippen molar-refractivity contribution >= 4 is 9.84 Å². The van der Waals surface area contributed by atoms with Crippen molar-refractivity contribution in [1.82, 2.24) is 0 Å². The Morgan fingerprint density at radius 2 is 1.95 bits per heavy atom. The van der Waals surface area contributed by atoms with E-state index in [0.29, 0.717) is 0 Å². The van der Waals surface area contributed by atoms with Crippen molar-refractivity contribution in [3.05, 3.63) is 42.5 Å². The van der Waals surface area contributed by atoms with Crippen LogP contribution in [0.4, 0.5) is 0 Å². The highest BCUT2D eigenvalue weighted by molar-refractivity contribution is 7.93. The maximum Gasteiger partial charge on any atom is 0.187 e. The summed E-state index contributed by atoms with van der Waals surface area (Å²) in [5, 5.41) is 8.89. The van der Waals surface area contributed by atoms with Crippen LogP contribution in [0.3, 0.4) is 0 Å². The third-order valence-electron chi connectivity index (χ3n) is 3.31. The quantitative estimate of drug-likeness (QED) is 0.776. The number of nitriles is 1. The Labute approximate surface area is 115 Å². The van der Waals surface area contributed by atoms with Gasteiger partial charge in [0.25, 0.3) is 0 Å². The van der Waals surface area contributed by atoms with Crippen LogP contribution in [-0.2, 0) is 9.84 Å². The molecule has 1 rings (SSSR count). The van der Waals surface area contributed by atoms with E-state index in [9.17, 15) is 8.42 Å². The number of hydrogen-bond acceptors (Lipinski definition) is 3. The fourth-order valence-electron chi connectivity index (χ4n) is 1.94. The molecular weight excluding hydrogens is 258 g/mol. The Morgan fingerprint density at radius 1 is 1.42 bits per heavy atom. The van der Waals surface area contributed by atoms with E-state index in [4.69, 9.17) is 5.26 Å². The summed E-state index contributed by atoms with van der Waals surface area (Å²) in [6, 6.07) is 8.81. The number of sulfone groups is 1. The molecule has 0 saturated carbocycles. The molecule has 0 fully saturated rings. The lowest BCUT2D eigenvalue weighted by atomic mass is 9.98. The van der Waals surface area contributed by atoms with Gasteiger partial charge in [0.15, 0.2) is 9.84 Å². The first-order valence-corrected chi connectivity index (χ1v) is 7.59. The summed E-state index contributed by atoms with van der Waals surface area (Å²) in [4.78, 5) is 0.269. The molecule has 0 radical (unpaired) electrons. The third kappa shape index (κ3) is 3.05. The smallest absolute Gasteiger partial charge is 0.187 e. The summed E-state index contributed by atoms with van der Waals surface area (Å²) in [6.07, 6.45) is 1.67. The number of rotatable bonds is 5. The van der Waals surface area contributed by atoms with Gasteiger partial charge in [-0.2, -0.15) is 5.26 Å². The van der Waals surface area contributed by atoms with Crippen LogP contribution in [0.2, 0.25) is 0 Å². The lowest BCUT2D eigenvalue weighted by Crippen LogP contribution is -2.34. The van der Waals surface area contributed by atoms with Gasteiger partial charge in [-0.25, -0.2) is 8.42 Å². The van der Waals surface area contributed by atoms with Crippen molar-refractivity contribution in [2.24, 2.45) is 5.92 Å². The largest absolute Gasteiger partial charge is 0.223 e. The van der Waals surface area contributed by atoms with Crippen LogP contribution in [-0.4, -0.2) is 13.2 Å². The van der Waals surface area contributed by atoms with Crippen LogP contribution >= 0.6 is 0 Å². The lowest BCUT2D eigenvalue weighted by Gasteiger charge is -2.27. The molecule has 0 aromatic heterocycles. The predicted octanol–water partition coefficient (Wildman–Crippen LogP) is 3.26. The molecule has 0 aliphatic carbocycles. The van der Waals surface area contributed by atoms with Crippen molar-refractivity contribution in [3.63, 3.8) is 0 Å². The average Bonchev–Trinajstić information content (AvgIpc) is 2.38. The van der Waals surface area contributed by atoms with Gasteiger partial charge in [0, 0.05) is 5.92 Å². The first kappa shape index (κ1) is 15.5. The molecule has 2 atom stereocenters. The fraction of sp³-hybridized carbons (Fsp3) is 0.400. The van der Waals surface area contributed by atoms with Gasteiger partial charge in [0.1, 0.15) is 0 Å². The van der Waals surface area contributed by atoms with E-state index in [0.717, 1.165) is 5.56 Å². The Balaban J connectivity index is 3.26. The summed E-state index contributed by atoms with van der Waals surface area (Å²) >= 11 is 0. The van der Waals surface area contributed by atoms with E-state index in [2.05, 4.69) is 12.6 Å². The second-order valence-corrected chi connectivity index (χ2v) is 7.48. The first-order chi connectivity index (χ1) is 8.76. The van der Waals surface area contributed by atoms with Crippen molar-refractivity contribution in [2.45, 2.75) is 36.8 Å². The number of hydrogen-bond donors (Lipinski definition) is 0. The predicted molar refractivity (Wildman–Crippen MR) is 76.4 cm³/mol. The molecule has 102 valence electrons. The monoisotopic (exact) mass is 277 g/mol. The molecule has 0 saturated heterocycles. The van der Waals surface area contributed by atoms with E-state index < -0.39 is 14.6 Å². The van der Waals surface area contributed by atoms with Crippen LogP contribution in [0.15, 0.2) is 41.8 Å². The van der Waals surface area contributed by atoms with Gasteiger partial charge < -0.3 is 0 Å². The van der Waals surface area contributed by atoms with Crippen molar-refractivity contribution in [3.8, 4) is 6.07 Å². The van der Waals surface area contributed by atoms with E-state index in [1.165, 1.54) is 6.08 Å². The maximum absolute atomic E-state index is 12.7. The van der Waals surface area contributed by atoms with Crippen molar-refractivity contribution < 1.29 is 8.42 Å². The lowest BCUT2D eigenvalue weighted by molar-refractivity contribution is 0.518. The van der Waals surface area contributed by atoms with Crippen LogP contribution < -0.4 is 0 Å². The number of aryl methyl sites for hydroxylation is 1. The zero-order valence-corrected chi connectivity index (χ0v) is 12.4. The molecule has 4 heteroatoms. The van der Waals surface area contributed by atoms with Gasteiger partial charge in [-0.3, -0.25) is 0 Å².